The highest BCUT2D eigenvalue weighted by molar-refractivity contribution is 6.39. The molecule has 2 heterocycles. The molecule has 0 radical (unpaired) electrons. The van der Waals surface area contributed by atoms with Crippen molar-refractivity contribution >= 4 is 41.0 Å². The lowest BCUT2D eigenvalue weighted by Gasteiger charge is -2.15. The smallest absolute Gasteiger partial charge is 0.414 e. The number of anilines is 3. The van der Waals surface area contributed by atoms with Crippen LogP contribution in [0.3, 0.4) is 0 Å². The molecule has 166 valence electrons. The van der Waals surface area contributed by atoms with Crippen molar-refractivity contribution in [2.75, 3.05) is 41.9 Å². The fraction of sp³-hybridized carbons (Fsp3) is 0.273. The second-order valence-corrected chi connectivity index (χ2v) is 7.40. The Morgan fingerprint density at radius 1 is 1.06 bits per heavy atom. The van der Waals surface area contributed by atoms with E-state index in [9.17, 15) is 19.2 Å². The molecule has 0 bridgehead atoms. The van der Waals surface area contributed by atoms with Gasteiger partial charge in [-0.05, 0) is 47.9 Å². The molecular formula is C22H23N5O5. The van der Waals surface area contributed by atoms with Crippen LogP contribution in [0.15, 0.2) is 42.5 Å². The van der Waals surface area contributed by atoms with Crippen molar-refractivity contribution in [3.8, 4) is 0 Å². The molecule has 10 nitrogen and oxygen atoms in total. The number of benzene rings is 2. The lowest BCUT2D eigenvalue weighted by molar-refractivity contribution is -0.136. The summed E-state index contributed by atoms with van der Waals surface area (Å²) in [6, 6.07) is 12.2. The molecule has 10 heteroatoms. The van der Waals surface area contributed by atoms with Gasteiger partial charge in [-0.25, -0.2) is 9.59 Å². The van der Waals surface area contributed by atoms with Gasteiger partial charge in [-0.3, -0.25) is 19.4 Å². The van der Waals surface area contributed by atoms with Crippen LogP contribution in [-0.2, 0) is 27.3 Å². The van der Waals surface area contributed by atoms with E-state index >= 15 is 0 Å². The highest BCUT2D eigenvalue weighted by Crippen LogP contribution is 2.30. The number of methoxy groups -OCH3 is 1. The quantitative estimate of drug-likeness (QED) is 0.628. The van der Waals surface area contributed by atoms with Gasteiger partial charge in [-0.15, -0.1) is 0 Å². The second kappa shape index (κ2) is 8.96. The summed E-state index contributed by atoms with van der Waals surface area (Å²) < 4.78 is 4.76. The van der Waals surface area contributed by atoms with E-state index in [-0.39, 0.29) is 12.6 Å². The lowest BCUT2D eigenvalue weighted by Crippen LogP contribution is -2.35. The Morgan fingerprint density at radius 3 is 2.53 bits per heavy atom. The fourth-order valence-corrected chi connectivity index (χ4v) is 3.74. The number of rotatable bonds is 4. The van der Waals surface area contributed by atoms with E-state index in [1.54, 1.807) is 47.4 Å². The van der Waals surface area contributed by atoms with E-state index in [1.165, 1.54) is 12.0 Å². The number of hydrogen-bond acceptors (Lipinski definition) is 5. The monoisotopic (exact) mass is 437 g/mol. The third-order valence-electron chi connectivity index (χ3n) is 5.39. The number of carbonyl (C=O) groups is 4. The Bertz CT molecular complexity index is 1070. The van der Waals surface area contributed by atoms with Gasteiger partial charge in [0.2, 0.25) is 0 Å². The van der Waals surface area contributed by atoms with Crippen LogP contribution in [0.25, 0.3) is 0 Å². The van der Waals surface area contributed by atoms with Gasteiger partial charge >= 0.3 is 23.9 Å². The minimum absolute atomic E-state index is 0.132. The van der Waals surface area contributed by atoms with E-state index in [1.807, 2.05) is 0 Å². The minimum Gasteiger partial charge on any atom is -0.452 e. The molecule has 0 spiro atoms. The molecule has 0 atom stereocenters. The molecule has 1 fully saturated rings. The minimum atomic E-state index is -0.780. The largest absolute Gasteiger partial charge is 0.452 e. The number of ether oxygens (including phenoxy) is 1. The van der Waals surface area contributed by atoms with Crippen LogP contribution in [-0.4, -0.2) is 50.7 Å². The van der Waals surface area contributed by atoms with Crippen molar-refractivity contribution in [3.05, 3.63) is 53.6 Å². The van der Waals surface area contributed by atoms with Crippen molar-refractivity contribution < 1.29 is 23.9 Å². The predicted molar refractivity (Wildman–Crippen MR) is 118 cm³/mol. The highest BCUT2D eigenvalue weighted by atomic mass is 16.5. The van der Waals surface area contributed by atoms with Gasteiger partial charge in [0.1, 0.15) is 0 Å². The first-order valence-corrected chi connectivity index (χ1v) is 10.2. The van der Waals surface area contributed by atoms with Crippen molar-refractivity contribution in [2.24, 2.45) is 0 Å². The summed E-state index contributed by atoms with van der Waals surface area (Å²) in [5.41, 5.74) is 3.67. The van der Waals surface area contributed by atoms with Crippen molar-refractivity contribution in [1.29, 1.82) is 0 Å². The molecule has 2 aliphatic rings. The zero-order valence-corrected chi connectivity index (χ0v) is 17.5. The average molecular weight is 437 g/mol. The summed E-state index contributed by atoms with van der Waals surface area (Å²) in [6.45, 7) is 1.90. The molecule has 2 aromatic carbocycles. The fourth-order valence-electron chi connectivity index (χ4n) is 3.74. The maximum absolute atomic E-state index is 12.3. The van der Waals surface area contributed by atoms with Crippen molar-refractivity contribution in [1.82, 2.24) is 10.6 Å². The number of nitrogens with zero attached hydrogens (tertiary/aromatic N) is 2. The first-order valence-electron chi connectivity index (χ1n) is 10.2. The van der Waals surface area contributed by atoms with E-state index in [2.05, 4.69) is 16.0 Å². The van der Waals surface area contributed by atoms with Crippen LogP contribution in [0.1, 0.15) is 11.1 Å². The van der Waals surface area contributed by atoms with Gasteiger partial charge in [-0.2, -0.15) is 0 Å². The Morgan fingerprint density at radius 2 is 1.84 bits per heavy atom. The summed E-state index contributed by atoms with van der Waals surface area (Å²) in [5.74, 6) is -1.54. The summed E-state index contributed by atoms with van der Waals surface area (Å²) in [4.78, 5) is 51.1. The van der Waals surface area contributed by atoms with Gasteiger partial charge in [0.05, 0.1) is 12.8 Å². The number of carbonyl (C=O) groups excluding carboxylic acids is 4. The third-order valence-corrected chi connectivity index (χ3v) is 5.39. The number of hydrogen-bond donors (Lipinski definition) is 3. The summed E-state index contributed by atoms with van der Waals surface area (Å²) >= 11 is 0. The Labute approximate surface area is 184 Å². The standard InChI is InChI=1S/C22H23N5O5/c1-32-22(31)27-10-8-15-12-16(4-7-18(15)27)25-20(29)19(28)24-13-14-2-5-17(6-3-14)26-11-9-23-21(26)30/h2-7,12H,8-11,13H2,1H3,(H,23,30)(H,24,28)(H,25,29). The lowest BCUT2D eigenvalue weighted by atomic mass is 10.1. The Kier molecular flexibility index (Phi) is 5.93. The van der Waals surface area contributed by atoms with Gasteiger partial charge in [-0.1, -0.05) is 12.1 Å². The van der Waals surface area contributed by atoms with Gasteiger partial charge in [0.25, 0.3) is 0 Å². The molecule has 0 saturated carbocycles. The molecule has 2 aromatic rings. The number of urea groups is 1. The van der Waals surface area contributed by atoms with Gasteiger partial charge in [0.15, 0.2) is 0 Å². The SMILES string of the molecule is COC(=O)N1CCc2cc(NC(=O)C(=O)NCc3ccc(N4CCNC4=O)cc3)ccc21. The topological polar surface area (TPSA) is 120 Å². The molecule has 1 saturated heterocycles. The molecule has 2 aliphatic heterocycles. The molecule has 0 aromatic heterocycles. The molecule has 4 rings (SSSR count). The molecule has 5 amide bonds. The molecule has 3 N–H and O–H groups in total. The van der Waals surface area contributed by atoms with Crippen LogP contribution in [0.5, 0.6) is 0 Å². The zero-order valence-electron chi connectivity index (χ0n) is 17.5. The summed E-state index contributed by atoms with van der Waals surface area (Å²) in [5, 5.41) is 7.91. The van der Waals surface area contributed by atoms with Gasteiger partial charge in [0, 0.05) is 37.6 Å². The molecule has 0 unspecified atom stereocenters. The Balaban J connectivity index is 1.30. The maximum atomic E-state index is 12.3. The summed E-state index contributed by atoms with van der Waals surface area (Å²) in [6.07, 6.45) is 0.201. The molecule has 0 aliphatic carbocycles. The summed E-state index contributed by atoms with van der Waals surface area (Å²) in [7, 11) is 1.33. The van der Waals surface area contributed by atoms with Crippen LogP contribution < -0.4 is 25.8 Å². The zero-order chi connectivity index (χ0) is 22.7. The Hall–Kier alpha value is -4.08. The molecule has 32 heavy (non-hydrogen) atoms. The van der Waals surface area contributed by atoms with Gasteiger partial charge < -0.3 is 20.7 Å². The number of nitrogens with one attached hydrogen (secondary N) is 3. The maximum Gasteiger partial charge on any atom is 0.414 e. The second-order valence-electron chi connectivity index (χ2n) is 7.40. The average Bonchev–Trinajstić information content (AvgIpc) is 3.43. The predicted octanol–water partition coefficient (Wildman–Crippen LogP) is 1.60. The van der Waals surface area contributed by atoms with Crippen LogP contribution >= 0.6 is 0 Å². The molecular weight excluding hydrogens is 414 g/mol. The van der Waals surface area contributed by atoms with Crippen molar-refractivity contribution in [2.45, 2.75) is 13.0 Å². The first-order chi connectivity index (χ1) is 15.5. The number of fused-ring (bicyclic) bond motifs is 1. The van der Waals surface area contributed by atoms with E-state index in [0.717, 1.165) is 22.5 Å². The van der Waals surface area contributed by atoms with Crippen molar-refractivity contribution in [3.63, 3.8) is 0 Å². The van der Waals surface area contributed by atoms with Crippen LogP contribution in [0.2, 0.25) is 0 Å². The van der Waals surface area contributed by atoms with Crippen LogP contribution in [0, 0.1) is 0 Å². The van der Waals surface area contributed by atoms with E-state index < -0.39 is 17.9 Å². The van der Waals surface area contributed by atoms with E-state index in [4.69, 9.17) is 4.74 Å². The first kappa shape index (κ1) is 21.2. The normalized spacial score (nSPS) is 14.6. The third kappa shape index (κ3) is 4.34. The van der Waals surface area contributed by atoms with Crippen LogP contribution in [0.4, 0.5) is 26.7 Å². The van der Waals surface area contributed by atoms with E-state index in [0.29, 0.717) is 31.7 Å². The number of amides is 5. The highest BCUT2D eigenvalue weighted by Gasteiger charge is 2.26.